The Kier molecular flexibility index (Phi) is 5.55. The number of hydrogen-bond acceptors (Lipinski definition) is 7. The standard InChI is InChI=1S/C23H24FN7O/c24-19-15-17(7-8-20(19)32-14-13-30-11-3-4-12-30)27-23-28-22(25)31(29-23)21-18-6-2-1-5-16(18)9-10-26-21/h1-2,5-10,15H,3-4,11-14H2,(H3,25,27,28,29). The molecule has 4 aromatic rings. The van der Waals surface area contributed by atoms with E-state index >= 15 is 0 Å². The molecular weight excluding hydrogens is 409 g/mol. The van der Waals surface area contributed by atoms with Gasteiger partial charge in [-0.3, -0.25) is 4.90 Å². The summed E-state index contributed by atoms with van der Waals surface area (Å²) in [5, 5.41) is 9.34. The largest absolute Gasteiger partial charge is 0.489 e. The van der Waals surface area contributed by atoms with Crippen LogP contribution in [-0.2, 0) is 0 Å². The van der Waals surface area contributed by atoms with Crippen molar-refractivity contribution in [3.63, 3.8) is 0 Å². The molecule has 2 aromatic carbocycles. The zero-order valence-corrected chi connectivity index (χ0v) is 17.5. The molecular formula is C23H24FN7O. The van der Waals surface area contributed by atoms with E-state index in [0.717, 1.165) is 30.4 Å². The van der Waals surface area contributed by atoms with Crippen molar-refractivity contribution in [1.82, 2.24) is 24.6 Å². The Morgan fingerprint density at radius 1 is 1.09 bits per heavy atom. The molecule has 0 saturated carbocycles. The molecule has 1 aliphatic rings. The van der Waals surface area contributed by atoms with Crippen LogP contribution in [-0.4, -0.2) is 50.9 Å². The minimum Gasteiger partial charge on any atom is -0.489 e. The van der Waals surface area contributed by atoms with Crippen LogP contribution in [0.1, 0.15) is 12.8 Å². The summed E-state index contributed by atoms with van der Waals surface area (Å²) in [6.45, 7) is 3.45. The van der Waals surface area contributed by atoms with Gasteiger partial charge in [-0.2, -0.15) is 9.67 Å². The number of aromatic nitrogens is 4. The minimum atomic E-state index is -0.445. The fraction of sp³-hybridized carbons (Fsp3) is 0.261. The van der Waals surface area contributed by atoms with E-state index < -0.39 is 5.82 Å². The van der Waals surface area contributed by atoms with Crippen molar-refractivity contribution in [2.24, 2.45) is 0 Å². The lowest BCUT2D eigenvalue weighted by Gasteiger charge is -2.15. The van der Waals surface area contributed by atoms with Gasteiger partial charge < -0.3 is 15.8 Å². The lowest BCUT2D eigenvalue weighted by molar-refractivity contribution is 0.231. The highest BCUT2D eigenvalue weighted by Crippen LogP contribution is 2.25. The average Bonchev–Trinajstić information content (AvgIpc) is 3.44. The van der Waals surface area contributed by atoms with Crippen LogP contribution in [0.15, 0.2) is 54.7 Å². The normalized spacial score (nSPS) is 14.2. The third-order valence-electron chi connectivity index (χ3n) is 5.54. The molecule has 0 unspecified atom stereocenters. The van der Waals surface area contributed by atoms with Gasteiger partial charge >= 0.3 is 0 Å². The van der Waals surface area contributed by atoms with Crippen LogP contribution < -0.4 is 15.8 Å². The Bertz CT molecular complexity index is 1230. The van der Waals surface area contributed by atoms with Gasteiger partial charge in [0.25, 0.3) is 0 Å². The molecule has 1 aliphatic heterocycles. The number of benzene rings is 2. The topological polar surface area (TPSA) is 94.1 Å². The first kappa shape index (κ1) is 20.2. The van der Waals surface area contributed by atoms with Crippen molar-refractivity contribution < 1.29 is 9.13 Å². The van der Waals surface area contributed by atoms with Gasteiger partial charge in [0.1, 0.15) is 6.61 Å². The SMILES string of the molecule is Nc1nc(Nc2ccc(OCCN3CCCC3)c(F)c2)nn1-c1nccc2ccccc12. The number of nitrogens with two attached hydrogens (primary N) is 1. The number of pyridine rings is 1. The highest BCUT2D eigenvalue weighted by atomic mass is 19.1. The Morgan fingerprint density at radius 2 is 1.94 bits per heavy atom. The van der Waals surface area contributed by atoms with E-state index in [9.17, 15) is 4.39 Å². The van der Waals surface area contributed by atoms with Gasteiger partial charge in [-0.25, -0.2) is 9.37 Å². The summed E-state index contributed by atoms with van der Waals surface area (Å²) in [6, 6.07) is 14.4. The van der Waals surface area contributed by atoms with Crippen molar-refractivity contribution in [3.8, 4) is 11.6 Å². The van der Waals surface area contributed by atoms with Crippen LogP contribution >= 0.6 is 0 Å². The van der Waals surface area contributed by atoms with E-state index in [4.69, 9.17) is 10.5 Å². The second-order valence-corrected chi connectivity index (χ2v) is 7.73. The first-order valence-corrected chi connectivity index (χ1v) is 10.7. The number of nitrogens with zero attached hydrogens (tertiary/aromatic N) is 5. The summed E-state index contributed by atoms with van der Waals surface area (Å²) in [4.78, 5) is 11.0. The van der Waals surface area contributed by atoms with Gasteiger partial charge in [0.05, 0.1) is 0 Å². The second-order valence-electron chi connectivity index (χ2n) is 7.73. The van der Waals surface area contributed by atoms with Crippen molar-refractivity contribution in [1.29, 1.82) is 0 Å². The Hall–Kier alpha value is -3.72. The third-order valence-corrected chi connectivity index (χ3v) is 5.54. The lowest BCUT2D eigenvalue weighted by atomic mass is 10.1. The molecule has 5 rings (SSSR count). The zero-order valence-electron chi connectivity index (χ0n) is 17.5. The van der Waals surface area contributed by atoms with E-state index in [1.165, 1.54) is 23.6 Å². The third kappa shape index (κ3) is 4.19. The van der Waals surface area contributed by atoms with Crippen LogP contribution in [0.3, 0.4) is 0 Å². The van der Waals surface area contributed by atoms with Crippen LogP contribution in [0.4, 0.5) is 22.0 Å². The van der Waals surface area contributed by atoms with Gasteiger partial charge in [-0.05, 0) is 49.5 Å². The first-order valence-electron chi connectivity index (χ1n) is 10.7. The number of fused-ring (bicyclic) bond motifs is 1. The molecule has 3 N–H and O–H groups in total. The van der Waals surface area contributed by atoms with Gasteiger partial charge in [0, 0.05) is 29.9 Å². The zero-order chi connectivity index (χ0) is 21.9. The minimum absolute atomic E-state index is 0.179. The summed E-state index contributed by atoms with van der Waals surface area (Å²) in [5.41, 5.74) is 6.59. The van der Waals surface area contributed by atoms with Crippen molar-refractivity contribution >= 4 is 28.4 Å². The number of ether oxygens (including phenoxy) is 1. The molecule has 1 saturated heterocycles. The number of nitrogen functional groups attached to an aromatic ring is 1. The van der Waals surface area contributed by atoms with E-state index in [1.807, 2.05) is 30.3 Å². The first-order chi connectivity index (χ1) is 15.7. The average molecular weight is 433 g/mol. The van der Waals surface area contributed by atoms with Crippen molar-refractivity contribution in [2.45, 2.75) is 12.8 Å². The summed E-state index contributed by atoms with van der Waals surface area (Å²) < 4.78 is 21.6. The van der Waals surface area contributed by atoms with Crippen LogP contribution in [0, 0.1) is 5.82 Å². The number of hydrogen-bond donors (Lipinski definition) is 2. The second kappa shape index (κ2) is 8.80. The number of likely N-dealkylation sites (tertiary alicyclic amines) is 1. The van der Waals surface area contributed by atoms with E-state index in [0.29, 0.717) is 18.1 Å². The quantitative estimate of drug-likeness (QED) is 0.458. The highest BCUT2D eigenvalue weighted by molar-refractivity contribution is 5.88. The molecule has 0 bridgehead atoms. The summed E-state index contributed by atoms with van der Waals surface area (Å²) in [5.74, 6) is 0.791. The molecule has 0 spiro atoms. The monoisotopic (exact) mass is 433 g/mol. The Balaban J connectivity index is 1.30. The van der Waals surface area contributed by atoms with Crippen molar-refractivity contribution in [2.75, 3.05) is 37.3 Å². The van der Waals surface area contributed by atoms with Gasteiger partial charge in [0.2, 0.25) is 11.9 Å². The number of anilines is 3. The number of rotatable bonds is 7. The molecule has 1 fully saturated rings. The van der Waals surface area contributed by atoms with Crippen LogP contribution in [0.5, 0.6) is 5.75 Å². The molecule has 0 amide bonds. The summed E-state index contributed by atoms with van der Waals surface area (Å²) in [7, 11) is 0. The van der Waals surface area contributed by atoms with Gasteiger partial charge in [-0.1, -0.05) is 24.3 Å². The predicted octanol–water partition coefficient (Wildman–Crippen LogP) is 3.76. The summed E-state index contributed by atoms with van der Waals surface area (Å²) in [6.07, 6.45) is 4.14. The maximum absolute atomic E-state index is 14.5. The smallest absolute Gasteiger partial charge is 0.248 e. The lowest BCUT2D eigenvalue weighted by Crippen LogP contribution is -2.25. The highest BCUT2D eigenvalue weighted by Gasteiger charge is 2.15. The van der Waals surface area contributed by atoms with Crippen molar-refractivity contribution in [3.05, 3.63) is 60.5 Å². The fourth-order valence-electron chi connectivity index (χ4n) is 3.92. The molecule has 32 heavy (non-hydrogen) atoms. The molecule has 3 heterocycles. The number of nitrogens with one attached hydrogen (secondary N) is 1. The Morgan fingerprint density at radius 3 is 2.78 bits per heavy atom. The van der Waals surface area contributed by atoms with Crippen LogP contribution in [0.2, 0.25) is 0 Å². The molecule has 164 valence electrons. The predicted molar refractivity (Wildman–Crippen MR) is 122 cm³/mol. The maximum Gasteiger partial charge on any atom is 0.248 e. The molecule has 9 heteroatoms. The van der Waals surface area contributed by atoms with E-state index in [-0.39, 0.29) is 17.6 Å². The summed E-state index contributed by atoms with van der Waals surface area (Å²) >= 11 is 0. The van der Waals surface area contributed by atoms with Gasteiger partial charge in [-0.15, -0.1) is 5.10 Å². The van der Waals surface area contributed by atoms with Gasteiger partial charge in [0.15, 0.2) is 17.4 Å². The number of halogens is 1. The van der Waals surface area contributed by atoms with Crippen LogP contribution in [0.25, 0.3) is 16.6 Å². The maximum atomic E-state index is 14.5. The molecule has 0 aliphatic carbocycles. The molecule has 0 atom stereocenters. The van der Waals surface area contributed by atoms with E-state index in [2.05, 4.69) is 25.3 Å². The molecule has 8 nitrogen and oxygen atoms in total. The molecule has 0 radical (unpaired) electrons. The molecule has 2 aromatic heterocycles. The fourth-order valence-corrected chi connectivity index (χ4v) is 3.92. The Labute approximate surface area is 184 Å². The van der Waals surface area contributed by atoms with E-state index in [1.54, 1.807) is 18.3 Å².